The van der Waals surface area contributed by atoms with E-state index in [1.165, 1.54) is 11.1 Å². The Bertz CT molecular complexity index is 620. The third-order valence-electron chi connectivity index (χ3n) is 3.12. The maximum absolute atomic E-state index is 5.35. The molecule has 2 aromatic carbocycles. The van der Waals surface area contributed by atoms with Crippen LogP contribution in [0.4, 0.5) is 5.69 Å². The fourth-order valence-electron chi connectivity index (χ4n) is 2.21. The van der Waals surface area contributed by atoms with Gasteiger partial charge in [0.15, 0.2) is 5.11 Å². The number of thiocarbonyl (C=S) groups is 1. The molecule has 3 heteroatoms. The van der Waals surface area contributed by atoms with Gasteiger partial charge in [0.2, 0.25) is 0 Å². The fraction of sp³-hybridized carbons (Fsp3) is 0.0625. The van der Waals surface area contributed by atoms with Gasteiger partial charge < -0.3 is 10.6 Å². The monoisotopic (exact) mass is 266 g/mol. The first-order valence-corrected chi connectivity index (χ1v) is 6.63. The number of benzene rings is 2. The van der Waals surface area contributed by atoms with Crippen LogP contribution in [0.5, 0.6) is 0 Å². The second-order valence-corrected chi connectivity index (χ2v) is 4.84. The Morgan fingerprint density at radius 1 is 0.947 bits per heavy atom. The summed E-state index contributed by atoms with van der Waals surface area (Å²) in [4.78, 5) is 0. The number of para-hydroxylation sites is 1. The molecule has 0 amide bonds. The molecule has 0 fully saturated rings. The zero-order chi connectivity index (χ0) is 13.1. The molecule has 0 spiro atoms. The summed E-state index contributed by atoms with van der Waals surface area (Å²) >= 11 is 5.35. The molecule has 0 aliphatic heterocycles. The molecular formula is C16H14N2S. The molecule has 94 valence electrons. The van der Waals surface area contributed by atoms with Crippen molar-refractivity contribution >= 4 is 29.1 Å². The molecular weight excluding hydrogens is 252 g/mol. The molecule has 1 aliphatic carbocycles. The first kappa shape index (κ1) is 11.9. The molecule has 2 nitrogen and oxygen atoms in total. The van der Waals surface area contributed by atoms with Crippen LogP contribution in [0.1, 0.15) is 17.2 Å². The van der Waals surface area contributed by atoms with Gasteiger partial charge in [-0.15, -0.1) is 0 Å². The highest BCUT2D eigenvalue weighted by atomic mass is 32.1. The predicted molar refractivity (Wildman–Crippen MR) is 84.0 cm³/mol. The van der Waals surface area contributed by atoms with E-state index < -0.39 is 0 Å². The van der Waals surface area contributed by atoms with Crippen LogP contribution in [-0.4, -0.2) is 5.11 Å². The van der Waals surface area contributed by atoms with E-state index in [1.807, 2.05) is 42.5 Å². The minimum atomic E-state index is 0.153. The number of rotatable bonds is 2. The van der Waals surface area contributed by atoms with Crippen LogP contribution in [0, 0.1) is 0 Å². The lowest BCUT2D eigenvalue weighted by molar-refractivity contribution is 0.812. The summed E-state index contributed by atoms with van der Waals surface area (Å²) in [5.74, 6) is 0. The van der Waals surface area contributed by atoms with Crippen molar-refractivity contribution in [2.24, 2.45) is 0 Å². The summed E-state index contributed by atoms with van der Waals surface area (Å²) in [5.41, 5.74) is 3.51. The molecule has 3 rings (SSSR count). The third kappa shape index (κ3) is 2.66. The Morgan fingerprint density at radius 2 is 1.68 bits per heavy atom. The van der Waals surface area contributed by atoms with Gasteiger partial charge in [-0.1, -0.05) is 54.6 Å². The van der Waals surface area contributed by atoms with Crippen LogP contribution in [-0.2, 0) is 0 Å². The van der Waals surface area contributed by atoms with E-state index in [0.717, 1.165) is 5.69 Å². The molecule has 0 bridgehead atoms. The second kappa shape index (κ2) is 5.24. The molecule has 2 N–H and O–H groups in total. The Labute approximate surface area is 118 Å². The van der Waals surface area contributed by atoms with Crippen molar-refractivity contribution < 1.29 is 0 Å². The van der Waals surface area contributed by atoms with E-state index in [0.29, 0.717) is 5.11 Å². The summed E-state index contributed by atoms with van der Waals surface area (Å²) < 4.78 is 0. The van der Waals surface area contributed by atoms with Crippen molar-refractivity contribution in [1.29, 1.82) is 0 Å². The number of nitrogens with one attached hydrogen (secondary N) is 2. The Kier molecular flexibility index (Phi) is 3.29. The minimum absolute atomic E-state index is 0.153. The van der Waals surface area contributed by atoms with Crippen molar-refractivity contribution in [3.63, 3.8) is 0 Å². The molecule has 0 saturated heterocycles. The van der Waals surface area contributed by atoms with Gasteiger partial charge >= 0.3 is 0 Å². The summed E-state index contributed by atoms with van der Waals surface area (Å²) in [6, 6.07) is 18.4. The SMILES string of the molecule is S=C(Nc1ccccc1)N[C@H]1C=Cc2ccccc21. The van der Waals surface area contributed by atoms with Gasteiger partial charge in [0, 0.05) is 5.69 Å². The van der Waals surface area contributed by atoms with Crippen LogP contribution >= 0.6 is 12.2 Å². The van der Waals surface area contributed by atoms with Crippen LogP contribution < -0.4 is 10.6 Å². The van der Waals surface area contributed by atoms with Gasteiger partial charge in [-0.2, -0.15) is 0 Å². The van der Waals surface area contributed by atoms with Crippen LogP contribution in [0.3, 0.4) is 0 Å². The summed E-state index contributed by atoms with van der Waals surface area (Å²) in [6.45, 7) is 0. The normalized spacial score (nSPS) is 15.9. The highest BCUT2D eigenvalue weighted by Crippen LogP contribution is 2.27. The van der Waals surface area contributed by atoms with E-state index in [2.05, 4.69) is 34.9 Å². The van der Waals surface area contributed by atoms with Gasteiger partial charge in [-0.25, -0.2) is 0 Å². The number of hydrogen-bond acceptors (Lipinski definition) is 1. The molecule has 0 aromatic heterocycles. The quantitative estimate of drug-likeness (QED) is 0.810. The van der Waals surface area contributed by atoms with Crippen molar-refractivity contribution in [2.45, 2.75) is 6.04 Å². The first-order chi connectivity index (χ1) is 9.33. The van der Waals surface area contributed by atoms with E-state index >= 15 is 0 Å². The second-order valence-electron chi connectivity index (χ2n) is 4.43. The Morgan fingerprint density at radius 3 is 2.53 bits per heavy atom. The first-order valence-electron chi connectivity index (χ1n) is 6.22. The largest absolute Gasteiger partial charge is 0.352 e. The average Bonchev–Trinajstić information content (AvgIpc) is 2.83. The van der Waals surface area contributed by atoms with E-state index in [-0.39, 0.29) is 6.04 Å². The maximum Gasteiger partial charge on any atom is 0.171 e. The van der Waals surface area contributed by atoms with E-state index in [9.17, 15) is 0 Å². The standard InChI is InChI=1S/C16H14N2S/c19-16(17-13-7-2-1-3-8-13)18-15-11-10-12-6-4-5-9-14(12)15/h1-11,15H,(H2,17,18,19)/t15-/m0/s1. The van der Waals surface area contributed by atoms with Crippen molar-refractivity contribution in [2.75, 3.05) is 5.32 Å². The Balaban J connectivity index is 1.67. The Hall–Kier alpha value is -2.13. The lowest BCUT2D eigenvalue weighted by atomic mass is 10.1. The zero-order valence-electron chi connectivity index (χ0n) is 10.3. The maximum atomic E-state index is 5.35. The minimum Gasteiger partial charge on any atom is -0.352 e. The lowest BCUT2D eigenvalue weighted by Gasteiger charge is -2.16. The van der Waals surface area contributed by atoms with E-state index in [1.54, 1.807) is 0 Å². The predicted octanol–water partition coefficient (Wildman–Crippen LogP) is 3.74. The topological polar surface area (TPSA) is 24.1 Å². The lowest BCUT2D eigenvalue weighted by Crippen LogP contribution is -2.30. The highest BCUT2D eigenvalue weighted by molar-refractivity contribution is 7.80. The molecule has 19 heavy (non-hydrogen) atoms. The third-order valence-corrected chi connectivity index (χ3v) is 3.34. The highest BCUT2D eigenvalue weighted by Gasteiger charge is 2.16. The van der Waals surface area contributed by atoms with Crippen molar-refractivity contribution in [1.82, 2.24) is 5.32 Å². The zero-order valence-corrected chi connectivity index (χ0v) is 11.2. The average molecular weight is 266 g/mol. The fourth-order valence-corrected chi connectivity index (χ4v) is 2.45. The van der Waals surface area contributed by atoms with Crippen LogP contribution in [0.15, 0.2) is 60.7 Å². The van der Waals surface area contributed by atoms with Gasteiger partial charge in [-0.05, 0) is 35.5 Å². The number of hydrogen-bond donors (Lipinski definition) is 2. The van der Waals surface area contributed by atoms with E-state index in [4.69, 9.17) is 12.2 Å². The smallest absolute Gasteiger partial charge is 0.171 e. The summed E-state index contributed by atoms with van der Waals surface area (Å²) in [7, 11) is 0. The number of anilines is 1. The molecule has 0 heterocycles. The van der Waals surface area contributed by atoms with Crippen molar-refractivity contribution in [3.05, 3.63) is 71.8 Å². The molecule has 1 atom stereocenters. The summed E-state index contributed by atoms with van der Waals surface area (Å²) in [6.07, 6.45) is 4.25. The molecule has 0 unspecified atom stereocenters. The molecule has 1 aliphatic rings. The van der Waals surface area contributed by atoms with Gasteiger partial charge in [0.05, 0.1) is 6.04 Å². The van der Waals surface area contributed by atoms with Gasteiger partial charge in [-0.3, -0.25) is 0 Å². The van der Waals surface area contributed by atoms with Crippen molar-refractivity contribution in [3.8, 4) is 0 Å². The molecule has 0 saturated carbocycles. The van der Waals surface area contributed by atoms with Crippen LogP contribution in [0.2, 0.25) is 0 Å². The van der Waals surface area contributed by atoms with Gasteiger partial charge in [0.25, 0.3) is 0 Å². The molecule has 2 aromatic rings. The summed E-state index contributed by atoms with van der Waals surface area (Å²) in [5, 5.41) is 7.14. The van der Waals surface area contributed by atoms with Crippen LogP contribution in [0.25, 0.3) is 6.08 Å². The van der Waals surface area contributed by atoms with Gasteiger partial charge in [0.1, 0.15) is 0 Å². The number of fused-ring (bicyclic) bond motifs is 1. The molecule has 0 radical (unpaired) electrons.